The number of rotatable bonds is 7. The van der Waals surface area contributed by atoms with Crippen molar-refractivity contribution in [3.05, 3.63) is 58.7 Å². The Balaban J connectivity index is 2.76. The number of carbonyl (C=O) groups is 1. The van der Waals surface area contributed by atoms with Crippen molar-refractivity contribution in [1.29, 1.82) is 0 Å². The third kappa shape index (κ3) is 7.81. The summed E-state index contributed by atoms with van der Waals surface area (Å²) in [5, 5.41) is 10.1. The zero-order chi connectivity index (χ0) is 22.5. The fourth-order valence-electron chi connectivity index (χ4n) is 3.27. The lowest BCUT2D eigenvalue weighted by Gasteiger charge is -2.36. The lowest BCUT2D eigenvalue weighted by Crippen LogP contribution is -2.48. The molecule has 0 spiro atoms. The molecule has 0 amide bonds. The standard InChI is InChI=1S/C26H40O3/c1-19(15-16-22-21(3)14-11-17-24(22,4)5)12-10-13-20(2)18-23(27)29-26(8,9)25(6,7)28/h10,12-13,15-16,18,28H,11,14,17H2,1-9H3/b13-10+,16-15+,19-12-,20-18+. The summed E-state index contributed by atoms with van der Waals surface area (Å²) in [5.74, 6) is -0.457. The molecule has 0 radical (unpaired) electrons. The Morgan fingerprint density at radius 3 is 2.28 bits per heavy atom. The van der Waals surface area contributed by atoms with Gasteiger partial charge in [0.25, 0.3) is 0 Å². The monoisotopic (exact) mass is 400 g/mol. The molecule has 0 bridgehead atoms. The second-order valence-corrected chi connectivity index (χ2v) is 9.91. The summed E-state index contributed by atoms with van der Waals surface area (Å²) < 4.78 is 5.40. The first-order valence-electron chi connectivity index (χ1n) is 10.5. The highest BCUT2D eigenvalue weighted by Crippen LogP contribution is 2.40. The number of hydrogen-bond acceptors (Lipinski definition) is 3. The van der Waals surface area contributed by atoms with Crippen molar-refractivity contribution in [2.24, 2.45) is 5.41 Å². The predicted molar refractivity (Wildman–Crippen MR) is 123 cm³/mol. The van der Waals surface area contributed by atoms with Crippen LogP contribution in [-0.2, 0) is 9.53 Å². The predicted octanol–water partition coefficient (Wildman–Crippen LogP) is 6.61. The first-order valence-corrected chi connectivity index (χ1v) is 10.5. The van der Waals surface area contributed by atoms with Gasteiger partial charge in [0.15, 0.2) is 0 Å². The molecule has 0 heterocycles. The van der Waals surface area contributed by atoms with Gasteiger partial charge < -0.3 is 9.84 Å². The van der Waals surface area contributed by atoms with Crippen LogP contribution < -0.4 is 0 Å². The lowest BCUT2D eigenvalue weighted by atomic mass is 9.72. The zero-order valence-corrected chi connectivity index (χ0v) is 19.8. The molecule has 3 heteroatoms. The lowest BCUT2D eigenvalue weighted by molar-refractivity contribution is -0.175. The maximum Gasteiger partial charge on any atom is 0.331 e. The summed E-state index contributed by atoms with van der Waals surface area (Å²) >= 11 is 0. The fourth-order valence-corrected chi connectivity index (χ4v) is 3.27. The van der Waals surface area contributed by atoms with Gasteiger partial charge in [-0.3, -0.25) is 0 Å². The van der Waals surface area contributed by atoms with E-state index in [9.17, 15) is 9.90 Å². The van der Waals surface area contributed by atoms with Gasteiger partial charge in [0.2, 0.25) is 0 Å². The highest BCUT2D eigenvalue weighted by Gasteiger charge is 2.38. The maximum absolute atomic E-state index is 12.1. The van der Waals surface area contributed by atoms with Gasteiger partial charge in [-0.2, -0.15) is 0 Å². The van der Waals surface area contributed by atoms with E-state index in [2.05, 4.69) is 39.8 Å². The van der Waals surface area contributed by atoms with Crippen molar-refractivity contribution in [3.8, 4) is 0 Å². The van der Waals surface area contributed by atoms with Gasteiger partial charge in [0, 0.05) is 6.08 Å². The molecule has 1 rings (SSSR count). The van der Waals surface area contributed by atoms with Gasteiger partial charge >= 0.3 is 5.97 Å². The molecule has 0 unspecified atom stereocenters. The molecule has 0 saturated carbocycles. The highest BCUT2D eigenvalue weighted by molar-refractivity contribution is 5.83. The first-order chi connectivity index (χ1) is 13.2. The zero-order valence-electron chi connectivity index (χ0n) is 19.8. The summed E-state index contributed by atoms with van der Waals surface area (Å²) in [4.78, 5) is 12.1. The molecule has 0 aromatic heterocycles. The van der Waals surface area contributed by atoms with Gasteiger partial charge in [-0.15, -0.1) is 0 Å². The second kappa shape index (κ2) is 9.75. The molecule has 1 N–H and O–H groups in total. The Kier molecular flexibility index (Phi) is 8.47. The molecule has 0 fully saturated rings. The Morgan fingerprint density at radius 1 is 1.10 bits per heavy atom. The van der Waals surface area contributed by atoms with Crippen molar-refractivity contribution in [3.63, 3.8) is 0 Å². The molecule has 0 aromatic rings. The van der Waals surface area contributed by atoms with E-state index < -0.39 is 17.2 Å². The van der Waals surface area contributed by atoms with Crippen molar-refractivity contribution < 1.29 is 14.6 Å². The molecule has 0 atom stereocenters. The average molecular weight is 401 g/mol. The third-order valence-corrected chi connectivity index (χ3v) is 5.95. The largest absolute Gasteiger partial charge is 0.453 e. The van der Waals surface area contributed by atoms with E-state index >= 15 is 0 Å². The van der Waals surface area contributed by atoms with Crippen molar-refractivity contribution >= 4 is 5.97 Å². The van der Waals surface area contributed by atoms with Gasteiger partial charge in [-0.1, -0.05) is 55.4 Å². The van der Waals surface area contributed by atoms with E-state index in [-0.39, 0.29) is 5.41 Å². The van der Waals surface area contributed by atoms with Gasteiger partial charge in [-0.05, 0) is 84.3 Å². The number of ether oxygens (including phenoxy) is 1. The quantitative estimate of drug-likeness (QED) is 0.297. The highest BCUT2D eigenvalue weighted by atomic mass is 16.6. The summed E-state index contributed by atoms with van der Waals surface area (Å²) in [6.07, 6.45) is 15.4. The molecular weight excluding hydrogens is 360 g/mol. The maximum atomic E-state index is 12.1. The number of carbonyl (C=O) groups excluding carboxylic acids is 1. The van der Waals surface area contributed by atoms with Crippen molar-refractivity contribution in [1.82, 2.24) is 0 Å². The minimum atomic E-state index is -1.12. The minimum absolute atomic E-state index is 0.242. The normalized spacial score (nSPS) is 19.4. The Bertz CT molecular complexity index is 747. The van der Waals surface area contributed by atoms with E-state index in [4.69, 9.17) is 4.74 Å². The van der Waals surface area contributed by atoms with E-state index in [0.29, 0.717) is 0 Å². The third-order valence-electron chi connectivity index (χ3n) is 5.95. The van der Waals surface area contributed by atoms with Crippen molar-refractivity contribution in [2.75, 3.05) is 0 Å². The Morgan fingerprint density at radius 2 is 1.72 bits per heavy atom. The van der Waals surface area contributed by atoms with Gasteiger partial charge in [0.1, 0.15) is 5.60 Å². The van der Waals surface area contributed by atoms with Crippen LogP contribution in [0.4, 0.5) is 0 Å². The van der Waals surface area contributed by atoms with Crippen molar-refractivity contribution in [2.45, 2.75) is 92.8 Å². The molecular formula is C26H40O3. The number of allylic oxidation sites excluding steroid dienone is 9. The summed E-state index contributed by atoms with van der Waals surface area (Å²) in [6.45, 7) is 17.5. The molecule has 1 aliphatic rings. The molecule has 0 saturated heterocycles. The SMILES string of the molecule is CC1=C(/C=C/C(C)=C\C=C\C(C)=C\C(=O)OC(C)(C)C(C)(C)O)C(C)(C)CCC1. The van der Waals surface area contributed by atoms with Crippen LogP contribution >= 0.6 is 0 Å². The molecule has 29 heavy (non-hydrogen) atoms. The number of esters is 1. The number of aliphatic hydroxyl groups is 1. The topological polar surface area (TPSA) is 46.5 Å². The molecule has 1 aliphatic carbocycles. The summed E-state index contributed by atoms with van der Waals surface area (Å²) in [7, 11) is 0. The van der Waals surface area contributed by atoms with Crippen LogP contribution in [0.2, 0.25) is 0 Å². The van der Waals surface area contributed by atoms with Crippen LogP contribution in [0.1, 0.15) is 81.6 Å². The summed E-state index contributed by atoms with van der Waals surface area (Å²) in [5.41, 5.74) is 3.05. The summed E-state index contributed by atoms with van der Waals surface area (Å²) in [6, 6.07) is 0. The smallest absolute Gasteiger partial charge is 0.331 e. The van der Waals surface area contributed by atoms with E-state index in [0.717, 1.165) is 11.1 Å². The van der Waals surface area contributed by atoms with Gasteiger partial charge in [0.05, 0.1) is 5.60 Å². The van der Waals surface area contributed by atoms with E-state index in [1.165, 1.54) is 36.5 Å². The fraction of sp³-hybridized carbons (Fsp3) is 0.577. The number of hydrogen-bond donors (Lipinski definition) is 1. The molecule has 0 aliphatic heterocycles. The molecule has 0 aromatic carbocycles. The molecule has 162 valence electrons. The van der Waals surface area contributed by atoms with E-state index in [1.54, 1.807) is 27.7 Å². The first kappa shape index (κ1) is 25.2. The van der Waals surface area contributed by atoms with Crippen LogP contribution in [0.3, 0.4) is 0 Å². The Hall–Kier alpha value is -1.87. The van der Waals surface area contributed by atoms with Crippen LogP contribution in [-0.4, -0.2) is 22.3 Å². The second-order valence-electron chi connectivity index (χ2n) is 9.91. The van der Waals surface area contributed by atoms with E-state index in [1.807, 2.05) is 25.2 Å². The Labute approximate surface area is 177 Å². The van der Waals surface area contributed by atoms with Crippen LogP contribution in [0.25, 0.3) is 0 Å². The van der Waals surface area contributed by atoms with Crippen LogP contribution in [0.5, 0.6) is 0 Å². The van der Waals surface area contributed by atoms with Gasteiger partial charge in [-0.25, -0.2) is 4.79 Å². The average Bonchev–Trinajstić information content (AvgIpc) is 2.51. The van der Waals surface area contributed by atoms with Crippen LogP contribution in [0.15, 0.2) is 58.7 Å². The van der Waals surface area contributed by atoms with Crippen LogP contribution in [0, 0.1) is 5.41 Å². The minimum Gasteiger partial charge on any atom is -0.453 e. The molecule has 3 nitrogen and oxygen atoms in total.